The van der Waals surface area contributed by atoms with Crippen LogP contribution in [0.4, 0.5) is 13.9 Å². The largest absolute Gasteiger partial charge is 0.477 e. The van der Waals surface area contributed by atoms with Crippen LogP contribution in [-0.4, -0.2) is 55.0 Å². The highest BCUT2D eigenvalue weighted by atomic mass is 32.2. The van der Waals surface area contributed by atoms with E-state index in [9.17, 15) is 22.0 Å². The molecule has 0 atom stereocenters. The molecule has 2 heterocycles. The van der Waals surface area contributed by atoms with Crippen molar-refractivity contribution in [3.63, 3.8) is 0 Å². The summed E-state index contributed by atoms with van der Waals surface area (Å²) in [5.41, 5.74) is 0. The Hall–Kier alpha value is -2.11. The van der Waals surface area contributed by atoms with E-state index < -0.39 is 32.5 Å². The van der Waals surface area contributed by atoms with Gasteiger partial charge in [-0.1, -0.05) is 11.3 Å². The van der Waals surface area contributed by atoms with Crippen LogP contribution in [0.15, 0.2) is 29.3 Å². The number of piperazine rings is 1. The van der Waals surface area contributed by atoms with Crippen molar-refractivity contribution >= 4 is 32.5 Å². The van der Waals surface area contributed by atoms with Crippen LogP contribution < -0.4 is 4.90 Å². The number of nitrogens with zero attached hydrogens (tertiary/aromatic N) is 3. The summed E-state index contributed by atoms with van der Waals surface area (Å²) in [4.78, 5) is 16.4. The number of halogens is 2. The van der Waals surface area contributed by atoms with Crippen LogP contribution in [0.5, 0.6) is 0 Å². The maximum Gasteiger partial charge on any atom is 0.347 e. The zero-order valence-electron chi connectivity index (χ0n) is 12.7. The van der Waals surface area contributed by atoms with Crippen molar-refractivity contribution in [2.45, 2.75) is 4.90 Å². The van der Waals surface area contributed by atoms with Gasteiger partial charge in [-0.25, -0.2) is 27.0 Å². The Bertz CT molecular complexity index is 888. The van der Waals surface area contributed by atoms with Gasteiger partial charge in [-0.3, -0.25) is 0 Å². The van der Waals surface area contributed by atoms with Crippen molar-refractivity contribution in [3.05, 3.63) is 40.9 Å². The summed E-state index contributed by atoms with van der Waals surface area (Å²) in [5.74, 6) is -2.99. The topological polar surface area (TPSA) is 90.8 Å². The van der Waals surface area contributed by atoms with Crippen LogP contribution in [0.1, 0.15) is 9.67 Å². The number of aromatic carboxylic acids is 1. The van der Waals surface area contributed by atoms with Crippen molar-refractivity contribution in [2.24, 2.45) is 0 Å². The van der Waals surface area contributed by atoms with E-state index >= 15 is 0 Å². The molecule has 1 aromatic heterocycles. The Morgan fingerprint density at radius 1 is 1.12 bits per heavy atom. The number of aromatic nitrogens is 1. The van der Waals surface area contributed by atoms with Gasteiger partial charge in [0.15, 0.2) is 5.13 Å². The molecule has 1 aliphatic rings. The summed E-state index contributed by atoms with van der Waals surface area (Å²) in [7, 11) is -4.01. The second kappa shape index (κ2) is 6.65. The van der Waals surface area contributed by atoms with E-state index in [0.29, 0.717) is 24.3 Å². The lowest BCUT2D eigenvalue weighted by atomic mass is 10.3. The third-order valence-electron chi connectivity index (χ3n) is 3.69. The third kappa shape index (κ3) is 3.62. The summed E-state index contributed by atoms with van der Waals surface area (Å²) >= 11 is 1.00. The monoisotopic (exact) mass is 389 g/mol. The Morgan fingerprint density at radius 3 is 2.24 bits per heavy atom. The van der Waals surface area contributed by atoms with Crippen molar-refractivity contribution in [2.75, 3.05) is 31.1 Å². The minimum absolute atomic E-state index is 0.0975. The molecule has 0 spiro atoms. The number of hydrogen-bond acceptors (Lipinski definition) is 6. The van der Waals surface area contributed by atoms with Gasteiger partial charge < -0.3 is 10.0 Å². The molecule has 1 N–H and O–H groups in total. The lowest BCUT2D eigenvalue weighted by Gasteiger charge is -2.33. The molecule has 1 fully saturated rings. The molecular weight excluding hydrogens is 376 g/mol. The van der Waals surface area contributed by atoms with Crippen LogP contribution in [0.3, 0.4) is 0 Å². The number of carboxylic acid groups (broad SMARTS) is 1. The molecule has 0 saturated carbocycles. The number of hydrogen-bond donors (Lipinski definition) is 1. The van der Waals surface area contributed by atoms with E-state index in [2.05, 4.69) is 4.98 Å². The van der Waals surface area contributed by atoms with Crippen molar-refractivity contribution in [3.8, 4) is 0 Å². The first-order valence-corrected chi connectivity index (χ1v) is 9.43. The molecule has 0 aliphatic carbocycles. The highest BCUT2D eigenvalue weighted by Crippen LogP contribution is 2.25. The lowest BCUT2D eigenvalue weighted by molar-refractivity contribution is 0.0702. The molecule has 1 aliphatic heterocycles. The number of thiazole rings is 1. The number of benzene rings is 1. The molecule has 7 nitrogen and oxygen atoms in total. The zero-order valence-corrected chi connectivity index (χ0v) is 14.4. The lowest BCUT2D eigenvalue weighted by Crippen LogP contribution is -2.48. The Balaban J connectivity index is 1.73. The predicted octanol–water partition coefficient (Wildman–Crippen LogP) is 1.63. The van der Waals surface area contributed by atoms with Crippen molar-refractivity contribution in [1.82, 2.24) is 9.29 Å². The maximum absolute atomic E-state index is 13.3. The highest BCUT2D eigenvalue weighted by molar-refractivity contribution is 7.89. The number of sulfonamides is 1. The summed E-state index contributed by atoms with van der Waals surface area (Å²) in [5, 5.41) is 9.41. The molecule has 11 heteroatoms. The third-order valence-corrected chi connectivity index (χ3v) is 6.61. The van der Waals surface area contributed by atoms with Gasteiger partial charge in [0.1, 0.15) is 16.5 Å². The first-order valence-electron chi connectivity index (χ1n) is 7.18. The molecule has 0 radical (unpaired) electrons. The second-order valence-electron chi connectivity index (χ2n) is 5.31. The summed E-state index contributed by atoms with van der Waals surface area (Å²) in [6.45, 7) is 0.790. The summed E-state index contributed by atoms with van der Waals surface area (Å²) in [6.07, 6.45) is 1.25. The molecule has 3 rings (SSSR count). The van der Waals surface area contributed by atoms with Crippen LogP contribution in [0.2, 0.25) is 0 Å². The fourth-order valence-electron chi connectivity index (χ4n) is 2.46. The first-order chi connectivity index (χ1) is 11.8. The summed E-state index contributed by atoms with van der Waals surface area (Å²) in [6, 6.07) is 2.18. The molecule has 0 bridgehead atoms. The second-order valence-corrected chi connectivity index (χ2v) is 8.26. The van der Waals surface area contributed by atoms with Crippen LogP contribution in [0.25, 0.3) is 0 Å². The van der Waals surface area contributed by atoms with Gasteiger partial charge >= 0.3 is 5.97 Å². The standard InChI is InChI=1S/C14H13F2N3O4S2/c15-9-5-10(16)7-11(6-9)25(22,23)19-3-1-18(2-4-19)14-17-8-12(24-14)13(20)21/h5-8H,1-4H2,(H,20,21). The Labute approximate surface area is 146 Å². The molecule has 0 unspecified atom stereocenters. The average molecular weight is 389 g/mol. The van der Waals surface area contributed by atoms with Crippen LogP contribution in [0, 0.1) is 11.6 Å². The van der Waals surface area contributed by atoms with E-state index in [4.69, 9.17) is 5.11 Å². The van der Waals surface area contributed by atoms with Gasteiger partial charge in [-0.15, -0.1) is 0 Å². The van der Waals surface area contributed by atoms with E-state index in [1.54, 1.807) is 4.90 Å². The minimum atomic E-state index is -4.01. The Kier molecular flexibility index (Phi) is 4.71. The fourth-order valence-corrected chi connectivity index (χ4v) is 4.73. The SMILES string of the molecule is O=C(O)c1cnc(N2CCN(S(=O)(=O)c3cc(F)cc(F)c3)CC2)s1. The van der Waals surface area contributed by atoms with Crippen LogP contribution >= 0.6 is 11.3 Å². The fraction of sp³-hybridized carbons (Fsp3) is 0.286. The number of carboxylic acids is 1. The molecule has 134 valence electrons. The van der Waals surface area contributed by atoms with Crippen molar-refractivity contribution < 1.29 is 27.1 Å². The van der Waals surface area contributed by atoms with Gasteiger partial charge in [0.05, 0.1) is 11.1 Å². The van der Waals surface area contributed by atoms with Gasteiger partial charge in [0.2, 0.25) is 10.0 Å². The molecular formula is C14H13F2N3O4S2. The van der Waals surface area contributed by atoms with Gasteiger partial charge in [0, 0.05) is 32.2 Å². The summed E-state index contributed by atoms with van der Waals surface area (Å²) < 4.78 is 52.7. The highest BCUT2D eigenvalue weighted by Gasteiger charge is 2.30. The van der Waals surface area contributed by atoms with E-state index in [1.165, 1.54) is 6.20 Å². The minimum Gasteiger partial charge on any atom is -0.477 e. The maximum atomic E-state index is 13.3. The molecule has 1 aromatic carbocycles. The van der Waals surface area contributed by atoms with Crippen molar-refractivity contribution in [1.29, 1.82) is 0 Å². The Morgan fingerprint density at radius 2 is 1.72 bits per heavy atom. The van der Waals surface area contributed by atoms with Crippen LogP contribution in [-0.2, 0) is 10.0 Å². The normalized spacial score (nSPS) is 16.2. The van der Waals surface area contributed by atoms with Gasteiger partial charge in [-0.05, 0) is 12.1 Å². The zero-order chi connectivity index (χ0) is 18.2. The quantitative estimate of drug-likeness (QED) is 0.855. The van der Waals surface area contributed by atoms with E-state index in [-0.39, 0.29) is 18.0 Å². The molecule has 25 heavy (non-hydrogen) atoms. The van der Waals surface area contributed by atoms with E-state index in [1.807, 2.05) is 0 Å². The number of anilines is 1. The molecule has 1 saturated heterocycles. The first kappa shape index (κ1) is 17.7. The van der Waals surface area contributed by atoms with Gasteiger partial charge in [0.25, 0.3) is 0 Å². The predicted molar refractivity (Wildman–Crippen MR) is 86.4 cm³/mol. The van der Waals surface area contributed by atoms with Gasteiger partial charge in [-0.2, -0.15) is 4.31 Å². The van der Waals surface area contributed by atoms with E-state index in [0.717, 1.165) is 27.8 Å². The molecule has 2 aromatic rings. The smallest absolute Gasteiger partial charge is 0.347 e. The molecule has 0 amide bonds. The average Bonchev–Trinajstić information content (AvgIpc) is 3.04. The number of carbonyl (C=O) groups is 1. The number of rotatable bonds is 4.